The first-order valence-corrected chi connectivity index (χ1v) is 13.7. The van der Waals surface area contributed by atoms with E-state index in [4.69, 9.17) is 16.3 Å². The van der Waals surface area contributed by atoms with Gasteiger partial charge in [0.05, 0.1) is 17.6 Å². The molecular weight excluding hydrogens is 522 g/mol. The van der Waals surface area contributed by atoms with Crippen molar-refractivity contribution in [1.82, 2.24) is 14.8 Å². The average molecular weight is 548 g/mol. The van der Waals surface area contributed by atoms with E-state index in [9.17, 15) is 18.0 Å². The minimum Gasteiger partial charge on any atom is -0.496 e. The second-order valence-electron chi connectivity index (χ2n) is 7.54. The van der Waals surface area contributed by atoms with Crippen molar-refractivity contribution >= 4 is 44.7 Å². The van der Waals surface area contributed by atoms with Crippen molar-refractivity contribution in [1.29, 1.82) is 0 Å². The van der Waals surface area contributed by atoms with Crippen LogP contribution in [0.2, 0.25) is 5.02 Å². The maximum Gasteiger partial charge on any atom is 0.307 e. The number of nitrogens with one attached hydrogen (secondary N) is 3. The van der Waals surface area contributed by atoms with Gasteiger partial charge in [0.2, 0.25) is 0 Å². The molecule has 190 valence electrons. The second kappa shape index (κ2) is 12.8. The monoisotopic (exact) mass is 547 g/mol. The van der Waals surface area contributed by atoms with E-state index < -0.39 is 15.3 Å². The van der Waals surface area contributed by atoms with Crippen molar-refractivity contribution < 1.29 is 22.7 Å². The molecule has 0 fully saturated rings. The molecule has 0 aliphatic heterocycles. The zero-order valence-electron chi connectivity index (χ0n) is 19.7. The molecule has 36 heavy (non-hydrogen) atoms. The van der Waals surface area contributed by atoms with Crippen LogP contribution in [0.5, 0.6) is 5.75 Å². The average Bonchev–Trinajstić information content (AvgIpc) is 2.87. The Morgan fingerprint density at radius 2 is 1.78 bits per heavy atom. The Morgan fingerprint density at radius 3 is 2.47 bits per heavy atom. The van der Waals surface area contributed by atoms with Crippen LogP contribution in [0.3, 0.4) is 0 Å². The summed E-state index contributed by atoms with van der Waals surface area (Å²) >= 11 is 6.69. The number of benzene rings is 3. The van der Waals surface area contributed by atoms with E-state index >= 15 is 0 Å². The molecule has 11 heteroatoms. The molecule has 8 nitrogen and oxygen atoms in total. The zero-order chi connectivity index (χ0) is 26.1. The number of rotatable bonds is 10. The Labute approximate surface area is 220 Å². The predicted molar refractivity (Wildman–Crippen MR) is 143 cm³/mol. The number of sulfonamides is 1. The summed E-state index contributed by atoms with van der Waals surface area (Å²) < 4.78 is 36.4. The van der Waals surface area contributed by atoms with Crippen LogP contribution in [0.25, 0.3) is 11.1 Å². The van der Waals surface area contributed by atoms with Crippen molar-refractivity contribution in [3.8, 4) is 16.9 Å². The molecule has 0 spiro atoms. The van der Waals surface area contributed by atoms with E-state index in [2.05, 4.69) is 14.8 Å². The fourth-order valence-electron chi connectivity index (χ4n) is 3.40. The summed E-state index contributed by atoms with van der Waals surface area (Å²) in [5.74, 6) is 0.0273. The molecule has 0 aromatic heterocycles. The highest BCUT2D eigenvalue weighted by atomic mass is 35.5. The quantitative estimate of drug-likeness (QED) is 0.317. The Morgan fingerprint density at radius 1 is 1.03 bits per heavy atom. The van der Waals surface area contributed by atoms with Gasteiger partial charge in [-0.05, 0) is 41.8 Å². The standard InChI is InChI=1S/C25H26ClN3O5S2/c1-3-28-35-25(31)29-36(32,33)23-15-17(9-11-20(23)18-7-5-4-6-8-18)13-14-27-24(30)21-16-19(26)10-12-22(21)34-2/h4-12,15-16,28H,3,13-14H2,1-2H3,(H,27,30)(H,29,31). The molecule has 0 bridgehead atoms. The first-order chi connectivity index (χ1) is 17.2. The number of methoxy groups -OCH3 is 1. The molecule has 3 aromatic rings. The van der Waals surface area contributed by atoms with E-state index in [1.807, 2.05) is 6.07 Å². The Kier molecular flexibility index (Phi) is 9.77. The summed E-state index contributed by atoms with van der Waals surface area (Å²) in [7, 11) is -2.70. The fraction of sp³-hybridized carbons (Fsp3) is 0.200. The van der Waals surface area contributed by atoms with Crippen molar-refractivity contribution in [2.24, 2.45) is 0 Å². The maximum atomic E-state index is 13.2. The van der Waals surface area contributed by atoms with E-state index in [1.165, 1.54) is 19.2 Å². The Bertz CT molecular complexity index is 1330. The second-order valence-corrected chi connectivity index (χ2v) is 10.5. The van der Waals surface area contributed by atoms with Crippen molar-refractivity contribution in [2.75, 3.05) is 20.2 Å². The van der Waals surface area contributed by atoms with Gasteiger partial charge in [-0.25, -0.2) is 13.1 Å². The summed E-state index contributed by atoms with van der Waals surface area (Å²) in [4.78, 5) is 24.7. The number of amides is 2. The third-order valence-electron chi connectivity index (χ3n) is 5.05. The molecule has 3 rings (SSSR count). The minimum atomic E-state index is -4.17. The van der Waals surface area contributed by atoms with Gasteiger partial charge in [-0.15, -0.1) is 0 Å². The molecule has 2 amide bonds. The molecule has 3 N–H and O–H groups in total. The van der Waals surface area contributed by atoms with Crippen LogP contribution >= 0.6 is 23.5 Å². The van der Waals surface area contributed by atoms with E-state index in [0.29, 0.717) is 57.9 Å². The maximum absolute atomic E-state index is 13.2. The van der Waals surface area contributed by atoms with Gasteiger partial charge in [0.25, 0.3) is 15.9 Å². The molecule has 0 heterocycles. The number of halogens is 1. The minimum absolute atomic E-state index is 0.0283. The zero-order valence-corrected chi connectivity index (χ0v) is 22.1. The van der Waals surface area contributed by atoms with Crippen molar-refractivity contribution in [3.05, 3.63) is 82.9 Å². The highest BCUT2D eigenvalue weighted by molar-refractivity contribution is 8.13. The van der Waals surface area contributed by atoms with Gasteiger partial charge in [0, 0.05) is 35.6 Å². The van der Waals surface area contributed by atoms with Gasteiger partial charge in [0.1, 0.15) is 5.75 Å². The van der Waals surface area contributed by atoms with Crippen LogP contribution in [0, 0.1) is 0 Å². The van der Waals surface area contributed by atoms with Crippen LogP contribution in [0.1, 0.15) is 22.8 Å². The van der Waals surface area contributed by atoms with Crippen LogP contribution in [-0.4, -0.2) is 39.8 Å². The highest BCUT2D eigenvalue weighted by Crippen LogP contribution is 2.29. The van der Waals surface area contributed by atoms with Gasteiger partial charge in [-0.1, -0.05) is 61.0 Å². The van der Waals surface area contributed by atoms with Gasteiger partial charge >= 0.3 is 5.24 Å². The van der Waals surface area contributed by atoms with Crippen LogP contribution in [-0.2, 0) is 16.4 Å². The van der Waals surface area contributed by atoms with Gasteiger partial charge < -0.3 is 10.1 Å². The normalized spacial score (nSPS) is 11.1. The van der Waals surface area contributed by atoms with Gasteiger partial charge in [-0.2, -0.15) is 0 Å². The summed E-state index contributed by atoms with van der Waals surface area (Å²) in [6.07, 6.45) is 0.353. The molecule has 0 saturated heterocycles. The lowest BCUT2D eigenvalue weighted by Gasteiger charge is -2.14. The molecule has 0 aliphatic carbocycles. The molecule has 0 atom stereocenters. The molecule has 0 saturated carbocycles. The highest BCUT2D eigenvalue weighted by Gasteiger charge is 2.23. The van der Waals surface area contributed by atoms with Crippen molar-refractivity contribution in [2.45, 2.75) is 18.2 Å². The number of carbonyl (C=O) groups excluding carboxylic acids is 2. The molecular formula is C25H26ClN3O5S2. The number of carbonyl (C=O) groups is 2. The van der Waals surface area contributed by atoms with E-state index in [0.717, 1.165) is 0 Å². The first-order valence-electron chi connectivity index (χ1n) is 11.0. The van der Waals surface area contributed by atoms with Gasteiger partial charge in [-0.3, -0.25) is 14.3 Å². The third-order valence-corrected chi connectivity index (χ3v) is 7.51. The third kappa shape index (κ3) is 7.23. The summed E-state index contributed by atoms with van der Waals surface area (Å²) in [6.45, 7) is 2.53. The first kappa shape index (κ1) is 27.5. The smallest absolute Gasteiger partial charge is 0.307 e. The predicted octanol–water partition coefficient (Wildman–Crippen LogP) is 4.64. The lowest BCUT2D eigenvalue weighted by molar-refractivity contribution is 0.0951. The van der Waals surface area contributed by atoms with Gasteiger partial charge in [0.15, 0.2) is 0 Å². The largest absolute Gasteiger partial charge is 0.496 e. The number of hydrogen-bond acceptors (Lipinski definition) is 7. The molecule has 3 aromatic carbocycles. The lowest BCUT2D eigenvalue weighted by atomic mass is 10.0. The van der Waals surface area contributed by atoms with E-state index in [1.54, 1.807) is 55.5 Å². The SMILES string of the molecule is CCNSC(=O)NS(=O)(=O)c1cc(CCNC(=O)c2cc(Cl)ccc2OC)ccc1-c1ccccc1. The summed E-state index contributed by atoms with van der Waals surface area (Å²) in [6, 6.07) is 18.8. The number of hydrogen-bond donors (Lipinski definition) is 3. The Balaban J connectivity index is 1.82. The molecule has 0 aliphatic rings. The molecule has 0 unspecified atom stereocenters. The van der Waals surface area contributed by atoms with E-state index in [-0.39, 0.29) is 17.3 Å². The van der Waals surface area contributed by atoms with Crippen LogP contribution in [0.4, 0.5) is 4.79 Å². The van der Waals surface area contributed by atoms with Crippen LogP contribution in [0.15, 0.2) is 71.6 Å². The summed E-state index contributed by atoms with van der Waals surface area (Å²) in [5.41, 5.74) is 2.12. The topological polar surface area (TPSA) is 114 Å². The summed E-state index contributed by atoms with van der Waals surface area (Å²) in [5, 5.41) is 2.47. The fourth-order valence-corrected chi connectivity index (χ4v) is 5.45. The lowest BCUT2D eigenvalue weighted by Crippen LogP contribution is -2.30. The molecule has 0 radical (unpaired) electrons. The number of ether oxygens (including phenoxy) is 1. The Hall–Kier alpha value is -3.05. The van der Waals surface area contributed by atoms with Crippen LogP contribution < -0.4 is 19.5 Å². The van der Waals surface area contributed by atoms with Crippen molar-refractivity contribution in [3.63, 3.8) is 0 Å².